The monoisotopic (exact) mass is 260 g/mol. The van der Waals surface area contributed by atoms with Crippen LogP contribution in [0, 0.1) is 20.8 Å². The van der Waals surface area contributed by atoms with Crippen LogP contribution in [0.1, 0.15) is 22.5 Å². The summed E-state index contributed by atoms with van der Waals surface area (Å²) in [5.74, 6) is 0. The number of rotatable bonds is 3. The summed E-state index contributed by atoms with van der Waals surface area (Å²) >= 11 is 1.49. The fourth-order valence-corrected chi connectivity index (χ4v) is 2.59. The van der Waals surface area contributed by atoms with E-state index in [4.69, 9.17) is 0 Å². The van der Waals surface area contributed by atoms with E-state index in [9.17, 15) is 5.11 Å². The molecule has 94 valence electrons. The Hall–Kier alpha value is -1.39. The molecule has 0 bridgehead atoms. The van der Waals surface area contributed by atoms with Gasteiger partial charge in [0.2, 0.25) is 0 Å². The number of aryl methyl sites for hydroxylation is 2. The van der Waals surface area contributed by atoms with Gasteiger partial charge in [-0.05, 0) is 49.7 Å². The standard InChI is InChI=1S/C14H16N2OS/c1-9-10(2)15-14(16-11(9)3)18-13-7-5-4-6-12(13)8-17/h4-7,17H,8H2,1-3H3. The summed E-state index contributed by atoms with van der Waals surface area (Å²) in [6, 6.07) is 7.76. The summed E-state index contributed by atoms with van der Waals surface area (Å²) < 4.78 is 0. The number of benzene rings is 1. The largest absolute Gasteiger partial charge is 0.392 e. The Balaban J connectivity index is 2.34. The van der Waals surface area contributed by atoms with Crippen LogP contribution < -0.4 is 0 Å². The van der Waals surface area contributed by atoms with Gasteiger partial charge in [-0.1, -0.05) is 18.2 Å². The molecule has 18 heavy (non-hydrogen) atoms. The van der Waals surface area contributed by atoms with E-state index >= 15 is 0 Å². The molecule has 0 saturated heterocycles. The number of aliphatic hydroxyl groups is 1. The maximum atomic E-state index is 9.30. The molecule has 1 aromatic carbocycles. The Bertz CT molecular complexity index is 546. The van der Waals surface area contributed by atoms with Gasteiger partial charge in [0.25, 0.3) is 0 Å². The zero-order valence-electron chi connectivity index (χ0n) is 10.8. The van der Waals surface area contributed by atoms with Crippen LogP contribution >= 0.6 is 11.8 Å². The van der Waals surface area contributed by atoms with Gasteiger partial charge in [-0.25, -0.2) is 9.97 Å². The van der Waals surface area contributed by atoms with Gasteiger partial charge in [0, 0.05) is 16.3 Å². The van der Waals surface area contributed by atoms with Crippen molar-refractivity contribution in [2.75, 3.05) is 0 Å². The topological polar surface area (TPSA) is 46.0 Å². The lowest BCUT2D eigenvalue weighted by Crippen LogP contribution is -1.98. The Morgan fingerprint density at radius 1 is 1.06 bits per heavy atom. The minimum Gasteiger partial charge on any atom is -0.392 e. The first-order valence-corrected chi connectivity index (χ1v) is 6.62. The summed E-state index contributed by atoms with van der Waals surface area (Å²) in [6.45, 7) is 6.05. The Labute approximate surface area is 111 Å². The lowest BCUT2D eigenvalue weighted by atomic mass is 10.2. The second kappa shape index (κ2) is 5.50. The van der Waals surface area contributed by atoms with Crippen LogP contribution in [0.15, 0.2) is 34.3 Å². The molecule has 0 aliphatic heterocycles. The first kappa shape index (κ1) is 13.1. The molecule has 1 heterocycles. The first-order valence-electron chi connectivity index (χ1n) is 5.80. The van der Waals surface area contributed by atoms with Gasteiger partial charge in [-0.2, -0.15) is 0 Å². The van der Waals surface area contributed by atoms with Crippen LogP contribution in [-0.4, -0.2) is 15.1 Å². The van der Waals surface area contributed by atoms with Crippen molar-refractivity contribution in [1.82, 2.24) is 9.97 Å². The number of nitrogens with zero attached hydrogens (tertiary/aromatic N) is 2. The molecule has 0 atom stereocenters. The second-order valence-electron chi connectivity index (χ2n) is 4.17. The summed E-state index contributed by atoms with van der Waals surface area (Å²) in [5, 5.41) is 10.0. The third kappa shape index (κ3) is 2.71. The molecule has 0 spiro atoms. The van der Waals surface area contributed by atoms with Crippen molar-refractivity contribution in [2.24, 2.45) is 0 Å². The van der Waals surface area contributed by atoms with Crippen LogP contribution in [0.2, 0.25) is 0 Å². The Morgan fingerprint density at radius 2 is 1.67 bits per heavy atom. The predicted octanol–water partition coefficient (Wildman–Crippen LogP) is 3.05. The van der Waals surface area contributed by atoms with Crippen molar-refractivity contribution in [3.8, 4) is 0 Å². The van der Waals surface area contributed by atoms with Crippen molar-refractivity contribution in [3.05, 3.63) is 46.8 Å². The van der Waals surface area contributed by atoms with E-state index in [0.29, 0.717) is 0 Å². The van der Waals surface area contributed by atoms with Crippen LogP contribution in [0.4, 0.5) is 0 Å². The summed E-state index contributed by atoms with van der Waals surface area (Å²) in [6.07, 6.45) is 0. The minimum atomic E-state index is 0.0347. The zero-order chi connectivity index (χ0) is 13.1. The van der Waals surface area contributed by atoms with Gasteiger partial charge < -0.3 is 5.11 Å². The average Bonchev–Trinajstić information content (AvgIpc) is 2.36. The van der Waals surface area contributed by atoms with Gasteiger partial charge in [0.05, 0.1) is 6.61 Å². The molecule has 0 fully saturated rings. The molecule has 0 amide bonds. The highest BCUT2D eigenvalue weighted by Crippen LogP contribution is 2.28. The Morgan fingerprint density at radius 3 is 2.28 bits per heavy atom. The van der Waals surface area contributed by atoms with Gasteiger partial charge in [-0.15, -0.1) is 0 Å². The van der Waals surface area contributed by atoms with Gasteiger partial charge in [0.15, 0.2) is 5.16 Å². The van der Waals surface area contributed by atoms with Crippen molar-refractivity contribution in [3.63, 3.8) is 0 Å². The quantitative estimate of drug-likeness (QED) is 0.862. The lowest BCUT2D eigenvalue weighted by Gasteiger charge is -2.08. The number of aromatic nitrogens is 2. The van der Waals surface area contributed by atoms with Gasteiger partial charge >= 0.3 is 0 Å². The van der Waals surface area contributed by atoms with E-state index in [2.05, 4.69) is 9.97 Å². The number of hydrogen-bond acceptors (Lipinski definition) is 4. The lowest BCUT2D eigenvalue weighted by molar-refractivity contribution is 0.279. The van der Waals surface area contributed by atoms with Crippen molar-refractivity contribution in [2.45, 2.75) is 37.4 Å². The van der Waals surface area contributed by atoms with Crippen LogP contribution in [0.3, 0.4) is 0 Å². The highest BCUT2D eigenvalue weighted by atomic mass is 32.2. The van der Waals surface area contributed by atoms with Gasteiger partial charge in [0.1, 0.15) is 0 Å². The maximum Gasteiger partial charge on any atom is 0.192 e. The second-order valence-corrected chi connectivity index (χ2v) is 5.18. The molecule has 1 aromatic heterocycles. The minimum absolute atomic E-state index is 0.0347. The molecule has 0 saturated carbocycles. The third-order valence-electron chi connectivity index (χ3n) is 2.96. The highest BCUT2D eigenvalue weighted by Gasteiger charge is 2.08. The summed E-state index contributed by atoms with van der Waals surface area (Å²) in [4.78, 5) is 9.95. The number of aliphatic hydroxyl groups excluding tert-OH is 1. The highest BCUT2D eigenvalue weighted by molar-refractivity contribution is 7.99. The number of hydrogen-bond donors (Lipinski definition) is 1. The molecular formula is C14H16N2OS. The molecule has 2 rings (SSSR count). The van der Waals surface area contributed by atoms with E-state index in [1.807, 2.05) is 45.0 Å². The summed E-state index contributed by atoms with van der Waals surface area (Å²) in [5.41, 5.74) is 4.05. The van der Waals surface area contributed by atoms with Crippen LogP contribution in [0.5, 0.6) is 0 Å². The van der Waals surface area contributed by atoms with Gasteiger partial charge in [-0.3, -0.25) is 0 Å². The van der Waals surface area contributed by atoms with E-state index < -0.39 is 0 Å². The zero-order valence-corrected chi connectivity index (χ0v) is 11.6. The first-order chi connectivity index (χ1) is 8.61. The van der Waals surface area contributed by atoms with E-state index in [-0.39, 0.29) is 6.61 Å². The van der Waals surface area contributed by atoms with E-state index in [1.54, 1.807) is 0 Å². The van der Waals surface area contributed by atoms with Crippen LogP contribution in [0.25, 0.3) is 0 Å². The normalized spacial score (nSPS) is 10.7. The molecular weight excluding hydrogens is 244 g/mol. The third-order valence-corrected chi connectivity index (χ3v) is 3.94. The van der Waals surface area contributed by atoms with Crippen molar-refractivity contribution < 1.29 is 5.11 Å². The van der Waals surface area contributed by atoms with E-state index in [0.717, 1.165) is 32.6 Å². The van der Waals surface area contributed by atoms with E-state index in [1.165, 1.54) is 11.8 Å². The molecule has 3 nitrogen and oxygen atoms in total. The molecule has 0 aliphatic rings. The predicted molar refractivity (Wildman–Crippen MR) is 72.7 cm³/mol. The molecule has 0 aliphatic carbocycles. The Kier molecular flexibility index (Phi) is 3.99. The maximum absolute atomic E-state index is 9.30. The fourth-order valence-electron chi connectivity index (χ4n) is 1.62. The van der Waals surface area contributed by atoms with Crippen LogP contribution in [-0.2, 0) is 6.61 Å². The molecule has 4 heteroatoms. The van der Waals surface area contributed by atoms with Crippen molar-refractivity contribution >= 4 is 11.8 Å². The fraction of sp³-hybridized carbons (Fsp3) is 0.286. The molecule has 0 unspecified atom stereocenters. The molecule has 2 aromatic rings. The average molecular weight is 260 g/mol. The SMILES string of the molecule is Cc1nc(Sc2ccccc2CO)nc(C)c1C. The molecule has 0 radical (unpaired) electrons. The van der Waals surface area contributed by atoms with Crippen molar-refractivity contribution in [1.29, 1.82) is 0 Å². The smallest absolute Gasteiger partial charge is 0.192 e. The molecule has 1 N–H and O–H groups in total. The summed E-state index contributed by atoms with van der Waals surface area (Å²) in [7, 11) is 0.